The molecule has 0 bridgehead atoms. The van der Waals surface area contributed by atoms with Crippen molar-refractivity contribution in [2.24, 2.45) is 5.73 Å². The van der Waals surface area contributed by atoms with Gasteiger partial charge in [-0.15, -0.1) is 0 Å². The van der Waals surface area contributed by atoms with E-state index in [1.54, 1.807) is 0 Å². The summed E-state index contributed by atoms with van der Waals surface area (Å²) in [6, 6.07) is -0.351. The van der Waals surface area contributed by atoms with Crippen molar-refractivity contribution in [1.82, 2.24) is 5.32 Å². The lowest BCUT2D eigenvalue weighted by atomic mass is 10.0. The van der Waals surface area contributed by atoms with Gasteiger partial charge in [0.25, 0.3) is 0 Å². The second-order valence-corrected chi connectivity index (χ2v) is 4.12. The molecule has 0 heterocycles. The molecule has 3 N–H and O–H groups in total. The molecular weight excluding hydrogens is 164 g/mol. The predicted octanol–water partition coefficient (Wildman–Crippen LogP) is 1.42. The van der Waals surface area contributed by atoms with E-state index in [0.29, 0.717) is 0 Å². The molecule has 0 aromatic carbocycles. The number of rotatable bonds is 5. The molecule has 3 nitrogen and oxygen atoms in total. The lowest BCUT2D eigenvalue weighted by Crippen LogP contribution is -2.50. The Kier molecular flexibility index (Phi) is 4.99. The maximum Gasteiger partial charge on any atom is 0.237 e. The molecule has 0 aliphatic heterocycles. The zero-order chi connectivity index (χ0) is 10.5. The summed E-state index contributed by atoms with van der Waals surface area (Å²) in [5.74, 6) is -0.0336. The third-order valence-electron chi connectivity index (χ3n) is 2.28. The van der Waals surface area contributed by atoms with Crippen LogP contribution in [0.5, 0.6) is 0 Å². The van der Waals surface area contributed by atoms with Gasteiger partial charge in [-0.3, -0.25) is 4.79 Å². The summed E-state index contributed by atoms with van der Waals surface area (Å²) in [6.07, 6.45) is 2.62. The molecular formula is C10H22N2O. The molecule has 0 aromatic rings. The second-order valence-electron chi connectivity index (χ2n) is 4.12. The highest BCUT2D eigenvalue weighted by Gasteiger charge is 2.21. The molecule has 0 fully saturated rings. The average molecular weight is 186 g/mol. The van der Waals surface area contributed by atoms with Crippen molar-refractivity contribution < 1.29 is 4.79 Å². The minimum absolute atomic E-state index is 0.0336. The van der Waals surface area contributed by atoms with Gasteiger partial charge in [0.2, 0.25) is 5.91 Å². The molecule has 0 aliphatic rings. The average Bonchev–Trinajstić information content (AvgIpc) is 2.04. The summed E-state index contributed by atoms with van der Waals surface area (Å²) in [7, 11) is 0. The lowest BCUT2D eigenvalue weighted by molar-refractivity contribution is -0.124. The number of amides is 1. The van der Waals surface area contributed by atoms with Gasteiger partial charge in [0, 0.05) is 5.54 Å². The molecule has 0 spiro atoms. The molecule has 0 unspecified atom stereocenters. The fraction of sp³-hybridized carbons (Fsp3) is 0.900. The molecule has 0 rings (SSSR count). The topological polar surface area (TPSA) is 55.1 Å². The highest BCUT2D eigenvalue weighted by molar-refractivity contribution is 5.82. The first-order chi connectivity index (χ1) is 5.93. The van der Waals surface area contributed by atoms with Gasteiger partial charge in [0.15, 0.2) is 0 Å². The Morgan fingerprint density at radius 1 is 1.46 bits per heavy atom. The van der Waals surface area contributed by atoms with Gasteiger partial charge < -0.3 is 11.1 Å². The van der Waals surface area contributed by atoms with Crippen LogP contribution in [0.2, 0.25) is 0 Å². The first kappa shape index (κ1) is 12.4. The van der Waals surface area contributed by atoms with Crippen molar-refractivity contribution in [3.8, 4) is 0 Å². The normalized spacial score (nSPS) is 13.9. The quantitative estimate of drug-likeness (QED) is 0.682. The van der Waals surface area contributed by atoms with Crippen LogP contribution in [0, 0.1) is 0 Å². The highest BCUT2D eigenvalue weighted by Crippen LogP contribution is 2.07. The maximum absolute atomic E-state index is 11.5. The standard InChI is InChI=1S/C10H22N2O/c1-5-7-8(11)9(13)12-10(3,4)6-2/h8H,5-7,11H2,1-4H3,(H,12,13)/t8-/m1/s1. The van der Waals surface area contributed by atoms with Gasteiger partial charge in [-0.05, 0) is 26.7 Å². The van der Waals surface area contributed by atoms with Crippen molar-refractivity contribution in [2.45, 2.75) is 58.5 Å². The first-order valence-electron chi connectivity index (χ1n) is 5.00. The van der Waals surface area contributed by atoms with Gasteiger partial charge in [0.05, 0.1) is 6.04 Å². The van der Waals surface area contributed by atoms with Crippen LogP contribution in [0.1, 0.15) is 47.0 Å². The van der Waals surface area contributed by atoms with Crippen LogP contribution in [0.25, 0.3) is 0 Å². The van der Waals surface area contributed by atoms with Gasteiger partial charge in [-0.2, -0.15) is 0 Å². The smallest absolute Gasteiger partial charge is 0.237 e. The summed E-state index contributed by atoms with van der Waals surface area (Å²) in [4.78, 5) is 11.5. The lowest BCUT2D eigenvalue weighted by Gasteiger charge is -2.26. The molecule has 0 radical (unpaired) electrons. The van der Waals surface area contributed by atoms with Crippen LogP contribution in [-0.4, -0.2) is 17.5 Å². The molecule has 0 saturated carbocycles. The third-order valence-corrected chi connectivity index (χ3v) is 2.28. The molecule has 1 atom stereocenters. The number of nitrogens with one attached hydrogen (secondary N) is 1. The summed E-state index contributed by atoms with van der Waals surface area (Å²) in [6.45, 7) is 8.08. The van der Waals surface area contributed by atoms with Gasteiger partial charge in [-0.1, -0.05) is 20.3 Å². The van der Waals surface area contributed by atoms with Crippen molar-refractivity contribution in [2.75, 3.05) is 0 Å². The second kappa shape index (κ2) is 5.22. The fourth-order valence-corrected chi connectivity index (χ4v) is 0.957. The van der Waals surface area contributed by atoms with E-state index in [2.05, 4.69) is 5.32 Å². The monoisotopic (exact) mass is 186 g/mol. The largest absolute Gasteiger partial charge is 0.350 e. The van der Waals surface area contributed by atoms with E-state index >= 15 is 0 Å². The van der Waals surface area contributed by atoms with E-state index in [1.165, 1.54) is 0 Å². The Bertz CT molecular complexity index is 166. The van der Waals surface area contributed by atoms with Gasteiger partial charge >= 0.3 is 0 Å². The Morgan fingerprint density at radius 2 is 2.00 bits per heavy atom. The van der Waals surface area contributed by atoms with Crippen molar-refractivity contribution in [1.29, 1.82) is 0 Å². The maximum atomic E-state index is 11.5. The molecule has 0 aromatic heterocycles. The minimum Gasteiger partial charge on any atom is -0.350 e. The van der Waals surface area contributed by atoms with Gasteiger partial charge in [0.1, 0.15) is 0 Å². The fourth-order valence-electron chi connectivity index (χ4n) is 0.957. The Morgan fingerprint density at radius 3 is 2.38 bits per heavy atom. The molecule has 3 heteroatoms. The van der Waals surface area contributed by atoms with Gasteiger partial charge in [-0.25, -0.2) is 0 Å². The number of carbonyl (C=O) groups is 1. The number of nitrogens with two attached hydrogens (primary N) is 1. The molecule has 0 aliphatic carbocycles. The van der Waals surface area contributed by atoms with Crippen LogP contribution >= 0.6 is 0 Å². The van der Waals surface area contributed by atoms with E-state index in [9.17, 15) is 4.79 Å². The predicted molar refractivity (Wildman–Crippen MR) is 55.4 cm³/mol. The summed E-state index contributed by atoms with van der Waals surface area (Å²) >= 11 is 0. The molecule has 13 heavy (non-hydrogen) atoms. The zero-order valence-corrected chi connectivity index (χ0v) is 9.18. The zero-order valence-electron chi connectivity index (χ0n) is 9.18. The van der Waals surface area contributed by atoms with E-state index in [4.69, 9.17) is 5.73 Å². The van der Waals surface area contributed by atoms with Crippen LogP contribution in [-0.2, 0) is 4.79 Å². The van der Waals surface area contributed by atoms with Crippen LogP contribution in [0.4, 0.5) is 0 Å². The number of hydrogen-bond donors (Lipinski definition) is 2. The minimum atomic E-state index is -0.351. The van der Waals surface area contributed by atoms with E-state index in [0.717, 1.165) is 19.3 Å². The van der Waals surface area contributed by atoms with Crippen molar-refractivity contribution in [3.63, 3.8) is 0 Å². The number of hydrogen-bond acceptors (Lipinski definition) is 2. The Balaban J connectivity index is 3.99. The Hall–Kier alpha value is -0.570. The third kappa shape index (κ3) is 4.88. The molecule has 0 saturated heterocycles. The SMILES string of the molecule is CCC[C@@H](N)C(=O)NC(C)(C)CC. The summed E-state index contributed by atoms with van der Waals surface area (Å²) in [5.41, 5.74) is 5.54. The van der Waals surface area contributed by atoms with E-state index in [-0.39, 0.29) is 17.5 Å². The molecule has 78 valence electrons. The van der Waals surface area contributed by atoms with Crippen molar-refractivity contribution in [3.05, 3.63) is 0 Å². The van der Waals surface area contributed by atoms with Crippen LogP contribution in [0.3, 0.4) is 0 Å². The van der Waals surface area contributed by atoms with Crippen LogP contribution < -0.4 is 11.1 Å². The summed E-state index contributed by atoms with van der Waals surface area (Å²) < 4.78 is 0. The summed E-state index contributed by atoms with van der Waals surface area (Å²) in [5, 5.41) is 2.93. The number of carbonyl (C=O) groups excluding carboxylic acids is 1. The molecule has 1 amide bonds. The van der Waals surface area contributed by atoms with E-state index < -0.39 is 0 Å². The highest BCUT2D eigenvalue weighted by atomic mass is 16.2. The first-order valence-corrected chi connectivity index (χ1v) is 5.00. The van der Waals surface area contributed by atoms with Crippen LogP contribution in [0.15, 0.2) is 0 Å². The van der Waals surface area contributed by atoms with Crippen molar-refractivity contribution >= 4 is 5.91 Å². The Labute approximate surface area is 81.1 Å². The van der Waals surface area contributed by atoms with E-state index in [1.807, 2.05) is 27.7 Å².